The third kappa shape index (κ3) is 2.50. The van der Waals surface area contributed by atoms with Crippen LogP contribution in [0.5, 0.6) is 0 Å². The molecule has 120 valence electrons. The Balaban J connectivity index is 1.80. The van der Waals surface area contributed by atoms with Gasteiger partial charge in [-0.25, -0.2) is 4.39 Å². The number of amides is 1. The van der Waals surface area contributed by atoms with Crippen LogP contribution in [-0.4, -0.2) is 28.3 Å². The number of hydrogen-bond donors (Lipinski definition) is 2. The fourth-order valence-electron chi connectivity index (χ4n) is 2.80. The lowest BCUT2D eigenvalue weighted by molar-refractivity contribution is -0.216. The van der Waals surface area contributed by atoms with Crippen molar-refractivity contribution >= 4 is 17.7 Å². The Bertz CT molecular complexity index is 604. The predicted molar refractivity (Wildman–Crippen MR) is 76.4 cm³/mol. The Labute approximate surface area is 130 Å². The Hall–Kier alpha value is -1.21. The minimum atomic E-state index is -3.83. The molecule has 7 heteroatoms. The first-order valence-electron chi connectivity index (χ1n) is 7.17. The summed E-state index contributed by atoms with van der Waals surface area (Å²) in [6, 6.07) is 3.50. The van der Waals surface area contributed by atoms with E-state index in [1.54, 1.807) is 6.07 Å². The summed E-state index contributed by atoms with van der Waals surface area (Å²) < 4.78 is 41.6. The van der Waals surface area contributed by atoms with Gasteiger partial charge in [-0.1, -0.05) is 0 Å². The highest BCUT2D eigenvalue weighted by Gasteiger charge is 2.61. The van der Waals surface area contributed by atoms with E-state index in [1.165, 1.54) is 23.9 Å². The van der Waals surface area contributed by atoms with Crippen LogP contribution >= 0.6 is 11.8 Å². The average molecular weight is 331 g/mol. The fourth-order valence-corrected chi connectivity index (χ4v) is 3.91. The van der Waals surface area contributed by atoms with Crippen molar-refractivity contribution in [2.24, 2.45) is 0 Å². The lowest BCUT2D eigenvalue weighted by atomic mass is 9.75. The number of nitrogens with one attached hydrogen (secondary N) is 1. The number of carbonyl (C=O) groups is 1. The van der Waals surface area contributed by atoms with Gasteiger partial charge in [0, 0.05) is 10.6 Å². The van der Waals surface area contributed by atoms with Gasteiger partial charge in [0.15, 0.2) is 0 Å². The monoisotopic (exact) mass is 331 g/mol. The van der Waals surface area contributed by atoms with Gasteiger partial charge in [0.25, 0.3) is 5.91 Å². The van der Waals surface area contributed by atoms with Crippen molar-refractivity contribution in [3.63, 3.8) is 0 Å². The normalized spacial score (nSPS) is 23.4. The quantitative estimate of drug-likeness (QED) is 0.895. The van der Waals surface area contributed by atoms with E-state index < -0.39 is 29.3 Å². The van der Waals surface area contributed by atoms with E-state index in [4.69, 9.17) is 0 Å². The molecule has 1 aromatic carbocycles. The molecule has 1 amide bonds. The molecule has 1 fully saturated rings. The van der Waals surface area contributed by atoms with E-state index in [1.807, 2.05) is 0 Å². The zero-order valence-electron chi connectivity index (χ0n) is 11.7. The van der Waals surface area contributed by atoms with Gasteiger partial charge >= 0.3 is 5.92 Å². The van der Waals surface area contributed by atoms with Gasteiger partial charge in [-0.3, -0.25) is 4.79 Å². The number of benzene rings is 1. The summed E-state index contributed by atoms with van der Waals surface area (Å²) in [6.45, 7) is 0. The topological polar surface area (TPSA) is 49.3 Å². The first-order chi connectivity index (χ1) is 10.3. The largest absolute Gasteiger partial charge is 0.383 e. The van der Waals surface area contributed by atoms with Crippen LogP contribution in [0.25, 0.3) is 0 Å². The first kappa shape index (κ1) is 15.7. The van der Waals surface area contributed by atoms with Crippen LogP contribution in [0, 0.1) is 5.82 Å². The summed E-state index contributed by atoms with van der Waals surface area (Å²) in [5, 5.41) is 12.1. The average Bonchev–Trinajstić information content (AvgIpc) is 2.45. The Morgan fingerprint density at radius 1 is 1.41 bits per heavy atom. The molecule has 0 bridgehead atoms. The van der Waals surface area contributed by atoms with Crippen molar-refractivity contribution in [3.8, 4) is 0 Å². The van der Waals surface area contributed by atoms with E-state index in [0.29, 0.717) is 24.2 Å². The smallest absolute Gasteiger partial charge is 0.352 e. The van der Waals surface area contributed by atoms with Crippen LogP contribution in [0.15, 0.2) is 23.1 Å². The van der Waals surface area contributed by atoms with Gasteiger partial charge in [0.1, 0.15) is 11.4 Å². The Morgan fingerprint density at radius 2 is 2.14 bits per heavy atom. The molecule has 1 atom stereocenters. The summed E-state index contributed by atoms with van der Waals surface area (Å²) in [6.07, 6.45) is 0.757. The standard InChI is InChI=1S/C15H16F3NO2S/c16-9-2-3-12-10(8-9)11(4-7-22-12)19-13(20)15(17,18)14(21)5-1-6-14/h2-3,8,11,21H,1,4-7H2,(H,19,20). The minimum Gasteiger partial charge on any atom is -0.383 e. The van der Waals surface area contributed by atoms with Gasteiger partial charge in [-0.2, -0.15) is 8.78 Å². The predicted octanol–water partition coefficient (Wildman–Crippen LogP) is 3.03. The van der Waals surface area contributed by atoms with Crippen LogP contribution < -0.4 is 5.32 Å². The summed E-state index contributed by atoms with van der Waals surface area (Å²) in [5.41, 5.74) is -1.73. The molecule has 2 N–H and O–H groups in total. The highest BCUT2D eigenvalue weighted by atomic mass is 32.2. The van der Waals surface area contributed by atoms with E-state index in [-0.39, 0.29) is 12.8 Å². The molecular formula is C15H16F3NO2S. The van der Waals surface area contributed by atoms with Gasteiger partial charge < -0.3 is 10.4 Å². The number of thioether (sulfide) groups is 1. The molecule has 0 saturated heterocycles. The summed E-state index contributed by atoms with van der Waals surface area (Å²) >= 11 is 1.50. The maximum Gasteiger partial charge on any atom is 0.352 e. The highest BCUT2D eigenvalue weighted by Crippen LogP contribution is 2.45. The first-order valence-corrected chi connectivity index (χ1v) is 8.15. The molecule has 2 aliphatic rings. The van der Waals surface area contributed by atoms with Crippen LogP contribution in [-0.2, 0) is 4.79 Å². The summed E-state index contributed by atoms with van der Waals surface area (Å²) in [5.74, 6) is -5.13. The van der Waals surface area contributed by atoms with Crippen LogP contribution in [0.4, 0.5) is 13.2 Å². The number of hydrogen-bond acceptors (Lipinski definition) is 3. The third-order valence-electron chi connectivity index (χ3n) is 4.37. The fraction of sp³-hybridized carbons (Fsp3) is 0.533. The van der Waals surface area contributed by atoms with Crippen molar-refractivity contribution in [1.82, 2.24) is 5.32 Å². The molecule has 0 spiro atoms. The van der Waals surface area contributed by atoms with Gasteiger partial charge in [-0.05, 0) is 49.4 Å². The Morgan fingerprint density at radius 3 is 2.77 bits per heavy atom. The molecule has 0 aromatic heterocycles. The van der Waals surface area contributed by atoms with E-state index in [0.717, 1.165) is 4.90 Å². The zero-order valence-corrected chi connectivity index (χ0v) is 12.6. The molecule has 0 radical (unpaired) electrons. The van der Waals surface area contributed by atoms with E-state index in [2.05, 4.69) is 5.32 Å². The molecule has 1 saturated carbocycles. The summed E-state index contributed by atoms with van der Waals surface area (Å²) in [4.78, 5) is 12.7. The van der Waals surface area contributed by atoms with Crippen molar-refractivity contribution < 1.29 is 23.1 Å². The van der Waals surface area contributed by atoms with Crippen LogP contribution in [0.2, 0.25) is 0 Å². The number of aliphatic hydroxyl groups is 1. The van der Waals surface area contributed by atoms with E-state index in [9.17, 15) is 23.1 Å². The SMILES string of the molecule is O=C(NC1CCSc2ccc(F)cc21)C(F)(F)C1(O)CCC1. The molecule has 22 heavy (non-hydrogen) atoms. The number of halogens is 3. The van der Waals surface area contributed by atoms with E-state index >= 15 is 0 Å². The van der Waals surface area contributed by atoms with Crippen molar-refractivity contribution in [1.29, 1.82) is 0 Å². The second kappa shape index (κ2) is 5.45. The molecule has 3 nitrogen and oxygen atoms in total. The second-order valence-corrected chi connectivity index (χ2v) is 6.94. The third-order valence-corrected chi connectivity index (χ3v) is 5.49. The van der Waals surface area contributed by atoms with Crippen molar-refractivity contribution in [3.05, 3.63) is 29.6 Å². The molecule has 1 aliphatic carbocycles. The molecule has 1 heterocycles. The minimum absolute atomic E-state index is 0.0842. The Kier molecular flexibility index (Phi) is 3.89. The number of alkyl halides is 2. The highest BCUT2D eigenvalue weighted by molar-refractivity contribution is 7.99. The lowest BCUT2D eigenvalue weighted by Gasteiger charge is -2.42. The zero-order chi connectivity index (χ0) is 16.0. The molecular weight excluding hydrogens is 315 g/mol. The molecule has 3 rings (SSSR count). The van der Waals surface area contributed by atoms with Crippen LogP contribution in [0.1, 0.15) is 37.3 Å². The number of carbonyl (C=O) groups excluding carboxylic acids is 1. The van der Waals surface area contributed by atoms with Gasteiger partial charge in [-0.15, -0.1) is 11.8 Å². The van der Waals surface area contributed by atoms with Gasteiger partial charge in [0.05, 0.1) is 6.04 Å². The number of fused-ring (bicyclic) bond motifs is 1. The lowest BCUT2D eigenvalue weighted by Crippen LogP contribution is -2.61. The molecule has 1 aliphatic heterocycles. The molecule has 1 unspecified atom stereocenters. The van der Waals surface area contributed by atoms with Gasteiger partial charge in [0.2, 0.25) is 0 Å². The van der Waals surface area contributed by atoms with Crippen LogP contribution in [0.3, 0.4) is 0 Å². The second-order valence-electron chi connectivity index (χ2n) is 5.80. The van der Waals surface area contributed by atoms with Crippen molar-refractivity contribution in [2.45, 2.75) is 48.1 Å². The van der Waals surface area contributed by atoms with Crippen molar-refractivity contribution in [2.75, 3.05) is 5.75 Å². The maximum absolute atomic E-state index is 14.1. The molecule has 1 aromatic rings. The summed E-state index contributed by atoms with van der Waals surface area (Å²) in [7, 11) is 0. The maximum atomic E-state index is 14.1. The number of rotatable bonds is 3.